The highest BCUT2D eigenvalue weighted by atomic mass is 16.5. The van der Waals surface area contributed by atoms with E-state index in [1.54, 1.807) is 19.2 Å². The molecule has 4 rings (SSSR count). The van der Waals surface area contributed by atoms with Crippen molar-refractivity contribution >= 4 is 17.4 Å². The van der Waals surface area contributed by atoms with E-state index in [2.05, 4.69) is 20.5 Å². The van der Waals surface area contributed by atoms with Crippen LogP contribution in [0, 0.1) is 6.92 Å². The Morgan fingerprint density at radius 2 is 1.97 bits per heavy atom. The molecular formula is C21H20N6O2. The molecule has 0 fully saturated rings. The fraction of sp³-hybridized carbons (Fsp3) is 0.143. The number of fused-ring (bicyclic) bond motifs is 1. The molecule has 4 aromatic rings. The second-order valence-corrected chi connectivity index (χ2v) is 6.51. The van der Waals surface area contributed by atoms with Gasteiger partial charge in [0.05, 0.1) is 19.3 Å². The molecule has 0 unspecified atom stereocenters. The van der Waals surface area contributed by atoms with Crippen molar-refractivity contribution in [2.24, 2.45) is 0 Å². The smallest absolute Gasteiger partial charge is 0.251 e. The van der Waals surface area contributed by atoms with Crippen molar-refractivity contribution in [3.05, 3.63) is 71.8 Å². The van der Waals surface area contributed by atoms with E-state index in [1.165, 1.54) is 0 Å². The minimum Gasteiger partial charge on any atom is -0.495 e. The quantitative estimate of drug-likeness (QED) is 0.544. The van der Waals surface area contributed by atoms with Gasteiger partial charge in [-0.1, -0.05) is 18.2 Å². The SMILES string of the molecule is COc1cc(-c2ccc(C(=O)NCc3nnc4ccccn34)cc2)c(N)nc1C. The fourth-order valence-corrected chi connectivity index (χ4v) is 3.12. The fourth-order valence-electron chi connectivity index (χ4n) is 3.12. The third-order valence-corrected chi connectivity index (χ3v) is 4.67. The molecule has 0 radical (unpaired) electrons. The number of anilines is 1. The van der Waals surface area contributed by atoms with Gasteiger partial charge in [0, 0.05) is 17.3 Å². The summed E-state index contributed by atoms with van der Waals surface area (Å²) in [7, 11) is 1.59. The Bertz CT molecular complexity index is 1180. The van der Waals surface area contributed by atoms with Gasteiger partial charge in [0.1, 0.15) is 11.6 Å². The van der Waals surface area contributed by atoms with Gasteiger partial charge in [0.25, 0.3) is 5.91 Å². The maximum absolute atomic E-state index is 12.5. The zero-order chi connectivity index (χ0) is 20.4. The summed E-state index contributed by atoms with van der Waals surface area (Å²) < 4.78 is 7.16. The topological polar surface area (TPSA) is 107 Å². The van der Waals surface area contributed by atoms with Gasteiger partial charge in [-0.3, -0.25) is 9.20 Å². The number of methoxy groups -OCH3 is 1. The Morgan fingerprint density at radius 3 is 2.72 bits per heavy atom. The van der Waals surface area contributed by atoms with Crippen LogP contribution >= 0.6 is 0 Å². The molecule has 0 aliphatic rings. The van der Waals surface area contributed by atoms with Crippen LogP contribution in [-0.2, 0) is 6.54 Å². The summed E-state index contributed by atoms with van der Waals surface area (Å²) in [6.45, 7) is 2.11. The van der Waals surface area contributed by atoms with E-state index in [-0.39, 0.29) is 12.5 Å². The summed E-state index contributed by atoms with van der Waals surface area (Å²) in [5.74, 6) is 1.55. The van der Waals surface area contributed by atoms with Gasteiger partial charge in [-0.2, -0.15) is 0 Å². The molecule has 0 atom stereocenters. The normalized spacial score (nSPS) is 10.8. The molecule has 1 amide bonds. The van der Waals surface area contributed by atoms with Crippen molar-refractivity contribution in [3.63, 3.8) is 0 Å². The van der Waals surface area contributed by atoms with E-state index in [4.69, 9.17) is 10.5 Å². The first kappa shape index (κ1) is 18.4. The lowest BCUT2D eigenvalue weighted by atomic mass is 10.0. The molecule has 0 aliphatic heterocycles. The van der Waals surface area contributed by atoms with E-state index in [1.807, 2.05) is 53.9 Å². The highest BCUT2D eigenvalue weighted by Gasteiger charge is 2.12. The highest BCUT2D eigenvalue weighted by molar-refractivity contribution is 5.94. The predicted molar refractivity (Wildman–Crippen MR) is 110 cm³/mol. The molecule has 3 heterocycles. The largest absolute Gasteiger partial charge is 0.495 e. The number of nitrogens with zero attached hydrogens (tertiary/aromatic N) is 4. The Kier molecular flexibility index (Phi) is 4.82. The maximum atomic E-state index is 12.5. The van der Waals surface area contributed by atoms with E-state index in [9.17, 15) is 4.79 Å². The number of amides is 1. The Hall–Kier alpha value is -3.94. The van der Waals surface area contributed by atoms with Crippen LogP contribution in [0.2, 0.25) is 0 Å². The number of nitrogen functional groups attached to an aromatic ring is 1. The van der Waals surface area contributed by atoms with Gasteiger partial charge in [-0.15, -0.1) is 10.2 Å². The average molecular weight is 388 g/mol. The molecule has 0 bridgehead atoms. The molecule has 8 heteroatoms. The molecule has 3 aromatic heterocycles. The zero-order valence-corrected chi connectivity index (χ0v) is 16.1. The number of rotatable bonds is 5. The first-order valence-electron chi connectivity index (χ1n) is 9.05. The summed E-state index contributed by atoms with van der Waals surface area (Å²) in [6, 6.07) is 14.7. The monoisotopic (exact) mass is 388 g/mol. The van der Waals surface area contributed by atoms with E-state index < -0.39 is 0 Å². The third kappa shape index (κ3) is 3.60. The number of pyridine rings is 2. The van der Waals surface area contributed by atoms with Crippen LogP contribution in [0.3, 0.4) is 0 Å². The lowest BCUT2D eigenvalue weighted by molar-refractivity contribution is 0.0950. The van der Waals surface area contributed by atoms with Crippen molar-refractivity contribution in [2.45, 2.75) is 13.5 Å². The molecule has 29 heavy (non-hydrogen) atoms. The average Bonchev–Trinajstić information content (AvgIpc) is 3.15. The van der Waals surface area contributed by atoms with E-state index in [0.29, 0.717) is 23.0 Å². The summed E-state index contributed by atoms with van der Waals surface area (Å²) in [6.07, 6.45) is 1.86. The lowest BCUT2D eigenvalue weighted by Crippen LogP contribution is -2.23. The van der Waals surface area contributed by atoms with E-state index >= 15 is 0 Å². The molecule has 1 aromatic carbocycles. The van der Waals surface area contributed by atoms with Crippen LogP contribution in [0.15, 0.2) is 54.7 Å². The molecule has 0 saturated heterocycles. The Labute approximate surface area is 167 Å². The van der Waals surface area contributed by atoms with Gasteiger partial charge < -0.3 is 15.8 Å². The number of nitrogens with two attached hydrogens (primary N) is 1. The molecule has 0 spiro atoms. The Balaban J connectivity index is 1.50. The lowest BCUT2D eigenvalue weighted by Gasteiger charge is -2.11. The Morgan fingerprint density at radius 1 is 1.17 bits per heavy atom. The van der Waals surface area contributed by atoms with Crippen LogP contribution in [0.5, 0.6) is 5.75 Å². The number of nitrogens with one attached hydrogen (secondary N) is 1. The molecule has 8 nitrogen and oxygen atoms in total. The van der Waals surface area contributed by atoms with Gasteiger partial charge in [-0.25, -0.2) is 4.98 Å². The second kappa shape index (κ2) is 7.59. The third-order valence-electron chi connectivity index (χ3n) is 4.67. The van der Waals surface area contributed by atoms with Gasteiger partial charge in [0.15, 0.2) is 11.5 Å². The highest BCUT2D eigenvalue weighted by Crippen LogP contribution is 2.30. The summed E-state index contributed by atoms with van der Waals surface area (Å²) >= 11 is 0. The number of benzene rings is 1. The summed E-state index contributed by atoms with van der Waals surface area (Å²) in [5, 5.41) is 11.1. The summed E-state index contributed by atoms with van der Waals surface area (Å²) in [4.78, 5) is 16.8. The number of hydrogen-bond acceptors (Lipinski definition) is 6. The van der Waals surface area contributed by atoms with Crippen molar-refractivity contribution in [3.8, 4) is 16.9 Å². The van der Waals surface area contributed by atoms with Crippen molar-refractivity contribution in [2.75, 3.05) is 12.8 Å². The van der Waals surface area contributed by atoms with Gasteiger partial charge in [0.2, 0.25) is 0 Å². The van der Waals surface area contributed by atoms with Crippen LogP contribution in [0.4, 0.5) is 5.82 Å². The molecule has 0 saturated carbocycles. The van der Waals surface area contributed by atoms with Crippen LogP contribution < -0.4 is 15.8 Å². The van der Waals surface area contributed by atoms with Gasteiger partial charge >= 0.3 is 0 Å². The standard InChI is InChI=1S/C21H20N6O2/c1-13-17(29-2)11-16(20(22)24-13)14-6-8-15(9-7-14)21(28)23-12-19-26-25-18-5-3-4-10-27(18)19/h3-11H,12H2,1-2H3,(H2,22,24)(H,23,28). The van der Waals surface area contributed by atoms with Crippen LogP contribution in [0.1, 0.15) is 21.9 Å². The number of ether oxygens (including phenoxy) is 1. The first-order chi connectivity index (χ1) is 14.1. The zero-order valence-electron chi connectivity index (χ0n) is 16.1. The maximum Gasteiger partial charge on any atom is 0.251 e. The number of aromatic nitrogens is 4. The van der Waals surface area contributed by atoms with Gasteiger partial charge in [-0.05, 0) is 42.8 Å². The number of carbonyl (C=O) groups is 1. The van der Waals surface area contributed by atoms with Crippen LogP contribution in [-0.4, -0.2) is 32.6 Å². The number of aryl methyl sites for hydroxylation is 1. The van der Waals surface area contributed by atoms with Crippen LogP contribution in [0.25, 0.3) is 16.8 Å². The second-order valence-electron chi connectivity index (χ2n) is 6.51. The van der Waals surface area contributed by atoms with Crippen molar-refractivity contribution in [1.82, 2.24) is 24.9 Å². The number of carbonyl (C=O) groups excluding carboxylic acids is 1. The summed E-state index contributed by atoms with van der Waals surface area (Å²) in [5.41, 5.74) is 9.67. The minimum absolute atomic E-state index is 0.197. The predicted octanol–water partition coefficient (Wildman–Crippen LogP) is 2.62. The molecular weight excluding hydrogens is 368 g/mol. The molecule has 3 N–H and O–H groups in total. The van der Waals surface area contributed by atoms with E-state index in [0.717, 1.165) is 22.5 Å². The first-order valence-corrected chi connectivity index (χ1v) is 9.05. The minimum atomic E-state index is -0.197. The molecule has 146 valence electrons. The molecule has 0 aliphatic carbocycles. The number of hydrogen-bond donors (Lipinski definition) is 2. The van der Waals surface area contributed by atoms with Crippen molar-refractivity contribution < 1.29 is 9.53 Å². The van der Waals surface area contributed by atoms with Crippen molar-refractivity contribution in [1.29, 1.82) is 0 Å².